The lowest BCUT2D eigenvalue weighted by molar-refractivity contribution is -0.140. The van der Waals surface area contributed by atoms with Gasteiger partial charge in [0.1, 0.15) is 18.4 Å². The highest BCUT2D eigenvalue weighted by Gasteiger charge is 2.55. The molecule has 0 bridgehead atoms. The molecular formula is C26H23ClFN7O3. The summed E-state index contributed by atoms with van der Waals surface area (Å²) in [6.07, 6.45) is 3.11. The topological polar surface area (TPSA) is 126 Å². The van der Waals surface area contributed by atoms with Crippen molar-refractivity contribution in [1.29, 1.82) is 0 Å². The molecular weight excluding hydrogens is 513 g/mol. The van der Waals surface area contributed by atoms with E-state index in [9.17, 15) is 18.8 Å². The van der Waals surface area contributed by atoms with E-state index < -0.39 is 11.9 Å². The van der Waals surface area contributed by atoms with Crippen LogP contribution in [0.25, 0.3) is 22.3 Å². The summed E-state index contributed by atoms with van der Waals surface area (Å²) < 4.78 is 16.5. The molecule has 0 unspecified atom stereocenters. The fourth-order valence-corrected chi connectivity index (χ4v) is 5.67. The first kappa shape index (κ1) is 24.2. The molecule has 3 heterocycles. The number of aromatic amines is 1. The molecule has 12 heteroatoms. The fourth-order valence-electron chi connectivity index (χ4n) is 5.43. The number of rotatable bonds is 7. The van der Waals surface area contributed by atoms with Crippen LogP contribution in [-0.4, -0.2) is 59.8 Å². The summed E-state index contributed by atoms with van der Waals surface area (Å²) in [7, 11) is 0. The van der Waals surface area contributed by atoms with Crippen LogP contribution in [0.1, 0.15) is 35.7 Å². The molecule has 1 saturated heterocycles. The summed E-state index contributed by atoms with van der Waals surface area (Å²) in [6, 6.07) is 9.71. The SMILES string of the molecule is CC(=O)c1cn(CC(=O)N2[C@@H]3C[C@@H]3C[C@H]2C(=O)NCc2cc(-c3nnn[nH]3)cc(Cl)c2F)c2ccccc12. The number of likely N-dealkylation sites (tertiary alicyclic amines) is 1. The highest BCUT2D eigenvalue weighted by atomic mass is 35.5. The molecule has 1 aliphatic carbocycles. The van der Waals surface area contributed by atoms with Gasteiger partial charge >= 0.3 is 0 Å². The van der Waals surface area contributed by atoms with Crippen LogP contribution < -0.4 is 5.32 Å². The van der Waals surface area contributed by atoms with Crippen molar-refractivity contribution in [3.8, 4) is 11.4 Å². The number of nitrogens with one attached hydrogen (secondary N) is 2. The number of aromatic nitrogens is 5. The van der Waals surface area contributed by atoms with Crippen LogP contribution >= 0.6 is 11.6 Å². The number of nitrogens with zero attached hydrogens (tertiary/aromatic N) is 5. The van der Waals surface area contributed by atoms with Crippen molar-refractivity contribution in [2.75, 3.05) is 0 Å². The van der Waals surface area contributed by atoms with Crippen LogP contribution in [0.4, 0.5) is 4.39 Å². The van der Waals surface area contributed by atoms with Gasteiger partial charge in [0.25, 0.3) is 0 Å². The molecule has 0 spiro atoms. The smallest absolute Gasteiger partial charge is 0.243 e. The Morgan fingerprint density at radius 3 is 2.79 bits per heavy atom. The number of H-pyrrole nitrogens is 1. The lowest BCUT2D eigenvalue weighted by atomic mass is 10.1. The standard InChI is InChI=1S/C26H23ClFN7O3/c1-13(36)18-11-34(20-5-3-2-4-17(18)20)12-23(37)35-21-8-14(21)9-22(35)26(38)29-10-16-6-15(7-19(27)24(16)28)25-30-32-33-31-25/h2-7,11,14,21-22H,8-10,12H2,1H3,(H,29,38)(H,30,31,32,33)/t14-,21-,22+/m1/s1. The monoisotopic (exact) mass is 535 g/mol. The van der Waals surface area contributed by atoms with E-state index in [0.717, 1.165) is 17.3 Å². The molecule has 2 aromatic heterocycles. The molecule has 3 atom stereocenters. The van der Waals surface area contributed by atoms with E-state index in [1.807, 2.05) is 24.3 Å². The van der Waals surface area contributed by atoms with Crippen LogP contribution in [0.2, 0.25) is 5.02 Å². The van der Waals surface area contributed by atoms with Gasteiger partial charge in [-0.2, -0.15) is 0 Å². The van der Waals surface area contributed by atoms with Gasteiger partial charge in [-0.25, -0.2) is 9.49 Å². The fraction of sp³-hybridized carbons (Fsp3) is 0.308. The van der Waals surface area contributed by atoms with Crippen molar-refractivity contribution >= 4 is 40.1 Å². The third kappa shape index (κ3) is 4.22. The van der Waals surface area contributed by atoms with Crippen molar-refractivity contribution in [1.82, 2.24) is 35.4 Å². The number of carbonyl (C=O) groups excluding carboxylic acids is 3. The minimum atomic E-state index is -0.652. The van der Waals surface area contributed by atoms with Crippen molar-refractivity contribution < 1.29 is 18.8 Å². The van der Waals surface area contributed by atoms with Gasteiger partial charge in [0.05, 0.1) is 5.02 Å². The molecule has 194 valence electrons. The van der Waals surface area contributed by atoms with Gasteiger partial charge in [-0.05, 0) is 54.3 Å². The van der Waals surface area contributed by atoms with Gasteiger partial charge in [-0.15, -0.1) is 5.10 Å². The molecule has 2 amide bonds. The number of fused-ring (bicyclic) bond motifs is 2. The Balaban J connectivity index is 1.19. The van der Waals surface area contributed by atoms with Crippen LogP contribution in [-0.2, 0) is 22.7 Å². The quantitative estimate of drug-likeness (QED) is 0.350. The summed E-state index contributed by atoms with van der Waals surface area (Å²) in [5, 5.41) is 16.9. The largest absolute Gasteiger partial charge is 0.350 e. The van der Waals surface area contributed by atoms with E-state index in [4.69, 9.17) is 11.6 Å². The Labute approximate surface area is 221 Å². The third-order valence-corrected chi connectivity index (χ3v) is 7.62. The van der Waals surface area contributed by atoms with Gasteiger partial charge < -0.3 is 14.8 Å². The second-order valence-corrected chi connectivity index (χ2v) is 10.2. The normalized spacial score (nSPS) is 20.0. The van der Waals surface area contributed by atoms with Crippen LogP contribution in [0.3, 0.4) is 0 Å². The Hall–Kier alpha value is -4.12. The molecule has 1 aliphatic heterocycles. The Morgan fingerprint density at radius 1 is 1.21 bits per heavy atom. The van der Waals surface area contributed by atoms with Crippen molar-refractivity contribution in [3.05, 3.63) is 64.6 Å². The number of para-hydroxylation sites is 1. The number of Topliss-reactive ketones (excluding diaryl/α,β-unsaturated/α-hetero) is 1. The van der Waals surface area contributed by atoms with Crippen LogP contribution in [0, 0.1) is 11.7 Å². The summed E-state index contributed by atoms with van der Waals surface area (Å²) in [6.45, 7) is 1.40. The number of amides is 2. The molecule has 2 N–H and O–H groups in total. The van der Waals surface area contributed by atoms with E-state index in [-0.39, 0.29) is 53.2 Å². The predicted molar refractivity (Wildman–Crippen MR) is 136 cm³/mol. The van der Waals surface area contributed by atoms with Gasteiger partial charge in [-0.3, -0.25) is 14.4 Å². The summed E-state index contributed by atoms with van der Waals surface area (Å²) >= 11 is 6.06. The highest BCUT2D eigenvalue weighted by molar-refractivity contribution is 6.31. The number of hydrogen-bond acceptors (Lipinski definition) is 6. The number of hydrogen-bond donors (Lipinski definition) is 2. The Bertz CT molecular complexity index is 1590. The Kier molecular flexibility index (Phi) is 5.94. The molecule has 2 fully saturated rings. The third-order valence-electron chi connectivity index (χ3n) is 7.34. The maximum absolute atomic E-state index is 14.7. The van der Waals surface area contributed by atoms with Gasteiger partial charge in [0, 0.05) is 46.4 Å². The maximum atomic E-state index is 14.7. The first-order valence-corrected chi connectivity index (χ1v) is 12.6. The lowest BCUT2D eigenvalue weighted by Gasteiger charge is -2.27. The number of ketones is 1. The maximum Gasteiger partial charge on any atom is 0.243 e. The average Bonchev–Trinajstić information content (AvgIpc) is 3.27. The van der Waals surface area contributed by atoms with Crippen LogP contribution in [0.5, 0.6) is 0 Å². The molecule has 0 radical (unpaired) electrons. The minimum absolute atomic E-state index is 0.0122. The second kappa shape index (κ2) is 9.32. The zero-order chi connectivity index (χ0) is 26.6. The van der Waals surface area contributed by atoms with Crippen molar-refractivity contribution in [2.24, 2.45) is 5.92 Å². The first-order valence-electron chi connectivity index (χ1n) is 12.2. The zero-order valence-corrected chi connectivity index (χ0v) is 21.1. The molecule has 4 aromatic rings. The van der Waals surface area contributed by atoms with E-state index in [0.29, 0.717) is 23.4 Å². The Morgan fingerprint density at radius 2 is 2.03 bits per heavy atom. The second-order valence-electron chi connectivity index (χ2n) is 9.76. The zero-order valence-electron chi connectivity index (χ0n) is 20.3. The molecule has 2 aliphatic rings. The number of halogens is 2. The van der Waals surface area contributed by atoms with E-state index >= 15 is 0 Å². The van der Waals surface area contributed by atoms with E-state index in [2.05, 4.69) is 25.9 Å². The predicted octanol–water partition coefficient (Wildman–Crippen LogP) is 3.12. The first-order chi connectivity index (χ1) is 18.3. The minimum Gasteiger partial charge on any atom is -0.350 e. The van der Waals surface area contributed by atoms with Crippen molar-refractivity contribution in [2.45, 2.75) is 44.9 Å². The highest BCUT2D eigenvalue weighted by Crippen LogP contribution is 2.48. The summed E-state index contributed by atoms with van der Waals surface area (Å²) in [5.74, 6) is -0.681. The van der Waals surface area contributed by atoms with Gasteiger partial charge in [0.2, 0.25) is 11.8 Å². The molecule has 1 saturated carbocycles. The molecule has 6 rings (SSSR count). The molecule has 10 nitrogen and oxygen atoms in total. The molecule has 2 aromatic carbocycles. The summed E-state index contributed by atoms with van der Waals surface area (Å²) in [5.41, 5.74) is 1.99. The number of benzene rings is 2. The van der Waals surface area contributed by atoms with E-state index in [1.165, 1.54) is 19.1 Å². The lowest BCUT2D eigenvalue weighted by Crippen LogP contribution is -2.48. The van der Waals surface area contributed by atoms with Crippen LogP contribution in [0.15, 0.2) is 42.6 Å². The number of tetrazole rings is 1. The summed E-state index contributed by atoms with van der Waals surface area (Å²) in [4.78, 5) is 40.5. The van der Waals surface area contributed by atoms with Gasteiger partial charge in [0.15, 0.2) is 11.6 Å². The van der Waals surface area contributed by atoms with E-state index in [1.54, 1.807) is 15.7 Å². The number of carbonyl (C=O) groups is 3. The molecule has 38 heavy (non-hydrogen) atoms. The van der Waals surface area contributed by atoms with Gasteiger partial charge in [-0.1, -0.05) is 29.8 Å². The number of piperidine rings is 1. The van der Waals surface area contributed by atoms with Crippen molar-refractivity contribution in [3.63, 3.8) is 0 Å². The average molecular weight is 536 g/mol.